The van der Waals surface area contributed by atoms with E-state index in [1.54, 1.807) is 17.4 Å². The molecule has 0 bridgehead atoms. The molecule has 0 saturated heterocycles. The van der Waals surface area contributed by atoms with E-state index in [0.29, 0.717) is 13.5 Å². The van der Waals surface area contributed by atoms with Gasteiger partial charge >= 0.3 is 5.97 Å². The van der Waals surface area contributed by atoms with E-state index in [1.807, 2.05) is 19.0 Å². The van der Waals surface area contributed by atoms with Crippen LogP contribution in [0, 0.1) is 20.4 Å². The molecule has 3 rings (SSSR count). The Kier molecular flexibility index (Phi) is 7.64. The number of nitriles is 1. The first kappa shape index (κ1) is 23.7. The van der Waals surface area contributed by atoms with E-state index in [2.05, 4.69) is 94.1 Å². The molecule has 0 fully saturated rings. The van der Waals surface area contributed by atoms with Crippen LogP contribution in [0.25, 0.3) is 11.6 Å². The van der Waals surface area contributed by atoms with Gasteiger partial charge in [-0.15, -0.1) is 22.7 Å². The van der Waals surface area contributed by atoms with Crippen molar-refractivity contribution in [3.63, 3.8) is 0 Å². The summed E-state index contributed by atoms with van der Waals surface area (Å²) in [6, 6.07) is 10.0. The molecule has 10 heteroatoms. The quantitative estimate of drug-likeness (QED) is 0.377. The normalized spacial score (nSPS) is 13.8. The van der Waals surface area contributed by atoms with Crippen molar-refractivity contribution in [3.8, 4) is 6.07 Å². The van der Waals surface area contributed by atoms with Crippen molar-refractivity contribution in [2.75, 3.05) is 19.0 Å². The molecule has 0 unspecified atom stereocenters. The third-order valence-corrected chi connectivity index (χ3v) is 11.9. The summed E-state index contributed by atoms with van der Waals surface area (Å²) in [6.07, 6.45) is 2.09. The third-order valence-electron chi connectivity index (χ3n) is 4.08. The number of carboxylic acid groups (broad SMARTS) is 1. The number of rotatable bonds is 3. The number of hydrogen-bond acceptors (Lipinski definition) is 5. The number of aliphatic carboxylic acids is 1. The predicted molar refractivity (Wildman–Crippen MR) is 137 cm³/mol. The Bertz CT molecular complexity index is 1400. The zero-order valence-electron chi connectivity index (χ0n) is 15.5. The summed E-state index contributed by atoms with van der Waals surface area (Å²) >= 11 is 17.1. The largest absolute Gasteiger partial charge is 0.477 e. The van der Waals surface area contributed by atoms with Crippen LogP contribution in [0.3, 0.4) is 0 Å². The summed E-state index contributed by atoms with van der Waals surface area (Å²) in [5, 5.41) is 18.6. The zero-order chi connectivity index (χ0) is 22.2. The van der Waals surface area contributed by atoms with Gasteiger partial charge < -0.3 is 10.0 Å². The molecule has 0 aliphatic rings. The van der Waals surface area contributed by atoms with Gasteiger partial charge in [0.05, 0.1) is 31.5 Å². The molecule has 0 radical (unpaired) electrons. The predicted octanol–water partition coefficient (Wildman–Crippen LogP) is 5.80. The molecular formula is C20H12Br4N2O2S2. The van der Waals surface area contributed by atoms with Crippen LogP contribution in [0.2, 0.25) is 0 Å². The topological polar surface area (TPSA) is 64.3 Å². The first-order valence-corrected chi connectivity index (χ1v) is 13.0. The molecule has 30 heavy (non-hydrogen) atoms. The SMILES string of the molecule is CN(C)c1ccc(/C=c2/s/c(=c3\s/c(=C(\C#N)C(=O)O)c(Br)c3Br)c(Br)c2Br)cc1. The first-order valence-electron chi connectivity index (χ1n) is 8.24. The Balaban J connectivity index is 2.32. The summed E-state index contributed by atoms with van der Waals surface area (Å²) in [5.74, 6) is -1.25. The monoisotopic (exact) mass is 692 g/mol. The van der Waals surface area contributed by atoms with Gasteiger partial charge in [-0.05, 0) is 87.5 Å². The van der Waals surface area contributed by atoms with Crippen molar-refractivity contribution in [1.29, 1.82) is 5.26 Å². The van der Waals surface area contributed by atoms with E-state index in [-0.39, 0.29) is 5.57 Å². The number of carbonyl (C=O) groups is 1. The van der Waals surface area contributed by atoms with Crippen LogP contribution in [0.4, 0.5) is 5.69 Å². The van der Waals surface area contributed by atoms with Crippen LogP contribution in [0.1, 0.15) is 5.56 Å². The standard InChI is InChI=1S/C20H12Br4N2O2S2/c1-26(2)10-5-3-9(4-6-10)7-12-13(21)14(22)18(29-12)19-16(24)15(23)17(30-19)11(8-25)20(27)28/h3-7H,1-2H3,(H,27,28)/b12-7+,17-11+,19-18-. The zero-order valence-corrected chi connectivity index (χ0v) is 23.4. The molecular weight excluding hydrogens is 684 g/mol. The molecule has 4 nitrogen and oxygen atoms in total. The molecule has 0 amide bonds. The van der Waals surface area contributed by atoms with Crippen LogP contribution in [0.5, 0.6) is 0 Å². The smallest absolute Gasteiger partial charge is 0.347 e. The second kappa shape index (κ2) is 9.67. The minimum atomic E-state index is -1.25. The van der Waals surface area contributed by atoms with Crippen LogP contribution < -0.4 is 14.0 Å². The van der Waals surface area contributed by atoms with Gasteiger partial charge in [0.2, 0.25) is 0 Å². The fourth-order valence-electron chi connectivity index (χ4n) is 2.56. The summed E-state index contributed by atoms with van der Waals surface area (Å²) in [4.78, 5) is 13.5. The number of benzene rings is 1. The van der Waals surface area contributed by atoms with Crippen molar-refractivity contribution in [3.05, 3.63) is 65.8 Å². The second-order valence-corrected chi connectivity index (χ2v) is 11.5. The Morgan fingerprint density at radius 3 is 2.10 bits per heavy atom. The molecule has 2 heterocycles. The summed E-state index contributed by atoms with van der Waals surface area (Å²) in [5.41, 5.74) is 1.90. The number of halogens is 4. The highest BCUT2D eigenvalue weighted by Gasteiger charge is 2.16. The van der Waals surface area contributed by atoms with Crippen LogP contribution in [-0.4, -0.2) is 25.2 Å². The molecule has 0 saturated carbocycles. The van der Waals surface area contributed by atoms with Gasteiger partial charge in [-0.3, -0.25) is 0 Å². The summed E-state index contributed by atoms with van der Waals surface area (Å²) in [6.45, 7) is 0. The first-order chi connectivity index (χ1) is 14.1. The van der Waals surface area contributed by atoms with Crippen LogP contribution >= 0.6 is 86.4 Å². The van der Waals surface area contributed by atoms with Crippen LogP contribution in [0.15, 0.2) is 42.2 Å². The van der Waals surface area contributed by atoms with Gasteiger partial charge in [-0.25, -0.2) is 4.79 Å². The molecule has 154 valence electrons. The van der Waals surface area contributed by atoms with Crippen molar-refractivity contribution in [2.45, 2.75) is 0 Å². The number of anilines is 1. The van der Waals surface area contributed by atoms with Gasteiger partial charge in [-0.2, -0.15) is 5.26 Å². The van der Waals surface area contributed by atoms with Crippen molar-refractivity contribution in [1.82, 2.24) is 0 Å². The molecule has 0 aliphatic carbocycles. The fourth-order valence-corrected chi connectivity index (χ4v) is 8.10. The van der Waals surface area contributed by atoms with E-state index in [9.17, 15) is 15.2 Å². The summed E-state index contributed by atoms with van der Waals surface area (Å²) < 4.78 is 6.24. The lowest BCUT2D eigenvalue weighted by Crippen LogP contribution is -2.09. The molecule has 1 N–H and O–H groups in total. The number of hydrogen-bond donors (Lipinski definition) is 1. The van der Waals surface area contributed by atoms with Gasteiger partial charge in [0.1, 0.15) is 6.07 Å². The summed E-state index contributed by atoms with van der Waals surface area (Å²) in [7, 11) is 4.01. The van der Waals surface area contributed by atoms with Gasteiger partial charge in [0.25, 0.3) is 0 Å². The number of carboxylic acids is 1. The lowest BCUT2D eigenvalue weighted by Gasteiger charge is -2.11. The lowest BCUT2D eigenvalue weighted by molar-refractivity contribution is -0.130. The molecule has 0 atom stereocenters. The van der Waals surface area contributed by atoms with Crippen molar-refractivity contribution >= 4 is 110 Å². The van der Waals surface area contributed by atoms with Gasteiger partial charge in [0, 0.05) is 24.3 Å². The minimum absolute atomic E-state index is 0.293. The average molecular weight is 696 g/mol. The Morgan fingerprint density at radius 2 is 1.57 bits per heavy atom. The number of nitrogens with zero attached hydrogens (tertiary/aromatic N) is 2. The van der Waals surface area contributed by atoms with E-state index >= 15 is 0 Å². The van der Waals surface area contributed by atoms with Crippen molar-refractivity contribution in [2.24, 2.45) is 0 Å². The molecule has 1 aromatic carbocycles. The highest BCUT2D eigenvalue weighted by Crippen LogP contribution is 2.32. The van der Waals surface area contributed by atoms with Crippen molar-refractivity contribution < 1.29 is 9.90 Å². The third kappa shape index (κ3) is 4.61. The minimum Gasteiger partial charge on any atom is -0.477 e. The lowest BCUT2D eigenvalue weighted by atomic mass is 10.2. The van der Waals surface area contributed by atoms with Crippen LogP contribution in [-0.2, 0) is 4.79 Å². The highest BCUT2D eigenvalue weighted by atomic mass is 79.9. The fraction of sp³-hybridized carbons (Fsp3) is 0.100. The highest BCUT2D eigenvalue weighted by molar-refractivity contribution is 9.13. The van der Waals surface area contributed by atoms with E-state index in [4.69, 9.17) is 0 Å². The molecule has 0 spiro atoms. The van der Waals surface area contributed by atoms with E-state index < -0.39 is 5.97 Å². The van der Waals surface area contributed by atoms with Gasteiger partial charge in [-0.1, -0.05) is 12.1 Å². The van der Waals surface area contributed by atoms with Gasteiger partial charge in [0.15, 0.2) is 5.57 Å². The molecule has 3 aromatic rings. The Hall–Kier alpha value is -0.960. The second-order valence-electron chi connectivity index (χ2n) is 6.23. The molecule has 2 aromatic heterocycles. The molecule has 0 aliphatic heterocycles. The van der Waals surface area contributed by atoms with E-state index in [1.165, 1.54) is 11.3 Å². The Morgan fingerprint density at radius 1 is 1.00 bits per heavy atom. The average Bonchev–Trinajstić information content (AvgIpc) is 3.14. The maximum absolute atomic E-state index is 11.4. The number of thiophene rings is 2. The Labute approximate surface area is 214 Å². The maximum Gasteiger partial charge on any atom is 0.347 e. The maximum atomic E-state index is 11.4. The van der Waals surface area contributed by atoms with E-state index in [0.717, 1.165) is 33.8 Å².